The molecule has 1 aliphatic heterocycles. The predicted octanol–water partition coefficient (Wildman–Crippen LogP) is 1.75. The summed E-state index contributed by atoms with van der Waals surface area (Å²) >= 11 is 0. The first-order valence-corrected chi connectivity index (χ1v) is 5.77. The fraction of sp³-hybridized carbons (Fsp3) is 0.357. The highest BCUT2D eigenvalue weighted by Crippen LogP contribution is 2.31. The van der Waals surface area contributed by atoms with Gasteiger partial charge < -0.3 is 11.1 Å². The fourth-order valence-corrected chi connectivity index (χ4v) is 2.36. The van der Waals surface area contributed by atoms with Gasteiger partial charge in [0.15, 0.2) is 0 Å². The van der Waals surface area contributed by atoms with Crippen molar-refractivity contribution in [1.29, 1.82) is 0 Å². The third-order valence-corrected chi connectivity index (χ3v) is 3.08. The fourth-order valence-electron chi connectivity index (χ4n) is 2.36. The maximum absolute atomic E-state index is 11.1. The molecule has 1 heterocycles. The Balaban J connectivity index is 2.59. The Labute approximate surface area is 102 Å². The second kappa shape index (κ2) is 3.91. The zero-order valence-corrected chi connectivity index (χ0v) is 10.5. The highest BCUT2D eigenvalue weighted by atomic mass is 16.1. The number of primary amides is 1. The molecule has 0 spiro atoms. The molecule has 1 aromatic carbocycles. The van der Waals surface area contributed by atoms with Crippen LogP contribution in [0.15, 0.2) is 24.3 Å². The Morgan fingerprint density at radius 2 is 2.18 bits per heavy atom. The first kappa shape index (κ1) is 11.7. The van der Waals surface area contributed by atoms with Gasteiger partial charge in [-0.3, -0.25) is 4.79 Å². The molecule has 0 saturated heterocycles. The molecule has 17 heavy (non-hydrogen) atoms. The van der Waals surface area contributed by atoms with Crippen LogP contribution in [-0.2, 0) is 11.2 Å². The van der Waals surface area contributed by atoms with E-state index >= 15 is 0 Å². The third-order valence-electron chi connectivity index (χ3n) is 3.08. The Hall–Kier alpha value is -1.77. The van der Waals surface area contributed by atoms with Crippen LogP contribution in [0.2, 0.25) is 0 Å². The monoisotopic (exact) mass is 230 g/mol. The molecule has 1 aromatic rings. The van der Waals surface area contributed by atoms with E-state index < -0.39 is 5.91 Å². The van der Waals surface area contributed by atoms with Gasteiger partial charge in [-0.15, -0.1) is 0 Å². The van der Waals surface area contributed by atoms with Gasteiger partial charge in [-0.2, -0.15) is 0 Å². The van der Waals surface area contributed by atoms with Crippen molar-refractivity contribution in [1.82, 2.24) is 5.32 Å². The molecule has 3 nitrogen and oxygen atoms in total. The normalized spacial score (nSPS) is 19.6. The molecular formula is C14H18N2O. The zero-order valence-electron chi connectivity index (χ0n) is 10.5. The predicted molar refractivity (Wildman–Crippen MR) is 69.3 cm³/mol. The van der Waals surface area contributed by atoms with Crippen molar-refractivity contribution in [3.05, 3.63) is 41.0 Å². The summed E-state index contributed by atoms with van der Waals surface area (Å²) < 4.78 is 0. The topological polar surface area (TPSA) is 55.1 Å². The molecule has 3 heteroatoms. The maximum atomic E-state index is 11.1. The first-order valence-electron chi connectivity index (χ1n) is 5.77. The van der Waals surface area contributed by atoms with Crippen molar-refractivity contribution >= 4 is 11.6 Å². The quantitative estimate of drug-likeness (QED) is 0.722. The van der Waals surface area contributed by atoms with E-state index in [9.17, 15) is 4.79 Å². The van der Waals surface area contributed by atoms with Gasteiger partial charge in [-0.25, -0.2) is 0 Å². The highest BCUT2D eigenvalue weighted by Gasteiger charge is 2.28. The Bertz CT molecular complexity index is 501. The molecule has 0 saturated carbocycles. The van der Waals surface area contributed by atoms with Crippen LogP contribution < -0.4 is 11.1 Å². The van der Waals surface area contributed by atoms with E-state index in [1.54, 1.807) is 0 Å². The molecule has 90 valence electrons. The van der Waals surface area contributed by atoms with Gasteiger partial charge >= 0.3 is 0 Å². The van der Waals surface area contributed by atoms with Gasteiger partial charge in [-0.1, -0.05) is 18.2 Å². The van der Waals surface area contributed by atoms with Gasteiger partial charge in [0.25, 0.3) is 0 Å². The summed E-state index contributed by atoms with van der Waals surface area (Å²) in [7, 11) is 0. The molecule has 0 bridgehead atoms. The molecule has 0 unspecified atom stereocenters. The average Bonchev–Trinajstić information content (AvgIpc) is 2.17. The lowest BCUT2D eigenvalue weighted by atomic mass is 9.83. The van der Waals surface area contributed by atoms with E-state index in [2.05, 4.69) is 32.2 Å². The molecule has 2 rings (SSSR count). The highest BCUT2D eigenvalue weighted by molar-refractivity contribution is 5.94. The number of nitrogens with two attached hydrogens (primary N) is 1. The summed E-state index contributed by atoms with van der Waals surface area (Å²) in [6.07, 6.45) is 2.42. The molecule has 3 N–H and O–H groups in total. The molecule has 0 aromatic heterocycles. The van der Waals surface area contributed by atoms with E-state index in [0.29, 0.717) is 0 Å². The van der Waals surface area contributed by atoms with Crippen molar-refractivity contribution in [2.45, 2.75) is 32.7 Å². The smallest absolute Gasteiger partial charge is 0.243 e. The Morgan fingerprint density at radius 1 is 1.47 bits per heavy atom. The second-order valence-electron chi connectivity index (χ2n) is 5.25. The molecule has 0 radical (unpaired) electrons. The molecular weight excluding hydrogens is 212 g/mol. The van der Waals surface area contributed by atoms with E-state index in [1.807, 2.05) is 12.1 Å². The van der Waals surface area contributed by atoms with Crippen molar-refractivity contribution in [2.75, 3.05) is 0 Å². The number of amides is 1. The molecule has 0 atom stereocenters. The minimum Gasteiger partial charge on any atom is -0.379 e. The summed E-state index contributed by atoms with van der Waals surface area (Å²) in [4.78, 5) is 11.1. The minimum absolute atomic E-state index is 0.0552. The van der Waals surface area contributed by atoms with E-state index in [1.165, 1.54) is 17.2 Å². The Morgan fingerprint density at radius 3 is 2.82 bits per heavy atom. The number of fused-ring (bicyclic) bond motifs is 1. The van der Waals surface area contributed by atoms with Crippen LogP contribution in [0, 0.1) is 6.92 Å². The summed E-state index contributed by atoms with van der Waals surface area (Å²) in [6, 6.07) is 6.13. The molecule has 1 amide bonds. The first-order chi connectivity index (χ1) is 7.89. The number of hydrogen-bond acceptors (Lipinski definition) is 2. The van der Waals surface area contributed by atoms with E-state index in [4.69, 9.17) is 5.73 Å². The standard InChI is InChI=1S/C14H18N2O/c1-9-5-4-6-10-11(9)8-14(2,3)16-12(10)7-13(15)17/h4-7,16H,8H2,1-3H3,(H2,15,17)/b12-7-. The number of nitrogens with one attached hydrogen (secondary N) is 1. The van der Waals surface area contributed by atoms with Crippen LogP contribution >= 0.6 is 0 Å². The van der Waals surface area contributed by atoms with Crippen LogP contribution in [-0.4, -0.2) is 11.4 Å². The van der Waals surface area contributed by atoms with Crippen LogP contribution in [0.5, 0.6) is 0 Å². The average molecular weight is 230 g/mol. The van der Waals surface area contributed by atoms with E-state index in [-0.39, 0.29) is 5.54 Å². The van der Waals surface area contributed by atoms with Gasteiger partial charge in [0.1, 0.15) is 0 Å². The SMILES string of the molecule is Cc1cccc2c1CC(C)(C)N/C2=C\C(N)=O. The number of aryl methyl sites for hydroxylation is 1. The summed E-state index contributed by atoms with van der Waals surface area (Å²) in [6.45, 7) is 6.34. The summed E-state index contributed by atoms with van der Waals surface area (Å²) in [5, 5.41) is 3.37. The minimum atomic E-state index is -0.419. The largest absolute Gasteiger partial charge is 0.379 e. The summed E-state index contributed by atoms with van der Waals surface area (Å²) in [5.74, 6) is -0.419. The van der Waals surface area contributed by atoms with Gasteiger partial charge in [-0.05, 0) is 38.3 Å². The molecule has 0 aliphatic carbocycles. The van der Waals surface area contributed by atoms with Crippen molar-refractivity contribution in [2.24, 2.45) is 5.73 Å². The van der Waals surface area contributed by atoms with Gasteiger partial charge in [0, 0.05) is 22.9 Å². The van der Waals surface area contributed by atoms with Gasteiger partial charge in [0.2, 0.25) is 5.91 Å². The number of carbonyl (C=O) groups excluding carboxylic acids is 1. The molecule has 1 aliphatic rings. The van der Waals surface area contributed by atoms with E-state index in [0.717, 1.165) is 17.7 Å². The number of hydrogen-bond donors (Lipinski definition) is 2. The molecule has 0 fully saturated rings. The number of carbonyl (C=O) groups is 1. The third kappa shape index (κ3) is 2.33. The lowest BCUT2D eigenvalue weighted by Gasteiger charge is -2.36. The number of benzene rings is 1. The van der Waals surface area contributed by atoms with Crippen molar-refractivity contribution in [3.63, 3.8) is 0 Å². The van der Waals surface area contributed by atoms with Gasteiger partial charge in [0.05, 0.1) is 0 Å². The lowest BCUT2D eigenvalue weighted by molar-refractivity contribution is -0.113. The van der Waals surface area contributed by atoms with Crippen molar-refractivity contribution in [3.8, 4) is 0 Å². The number of rotatable bonds is 1. The zero-order chi connectivity index (χ0) is 12.6. The van der Waals surface area contributed by atoms with Crippen LogP contribution in [0.25, 0.3) is 5.70 Å². The van der Waals surface area contributed by atoms with Crippen LogP contribution in [0.4, 0.5) is 0 Å². The van der Waals surface area contributed by atoms with Crippen LogP contribution in [0.1, 0.15) is 30.5 Å². The van der Waals surface area contributed by atoms with Crippen LogP contribution in [0.3, 0.4) is 0 Å². The maximum Gasteiger partial charge on any atom is 0.243 e. The second-order valence-corrected chi connectivity index (χ2v) is 5.25. The van der Waals surface area contributed by atoms with Crippen molar-refractivity contribution < 1.29 is 4.79 Å². The lowest BCUT2D eigenvalue weighted by Crippen LogP contribution is -2.44. The Kier molecular flexibility index (Phi) is 2.69. The summed E-state index contributed by atoms with van der Waals surface area (Å²) in [5.41, 5.74) is 9.66.